The highest BCUT2D eigenvalue weighted by Gasteiger charge is 2.31. The summed E-state index contributed by atoms with van der Waals surface area (Å²) in [5.41, 5.74) is 3.29. The molecule has 0 heterocycles. The van der Waals surface area contributed by atoms with Gasteiger partial charge >= 0.3 is 0 Å². The Hall–Kier alpha value is -2.87. The predicted molar refractivity (Wildman–Crippen MR) is 137 cm³/mol. The van der Waals surface area contributed by atoms with E-state index < -0.39 is 28.5 Å². The van der Waals surface area contributed by atoms with Gasteiger partial charge in [-0.25, -0.2) is 8.42 Å². The first-order chi connectivity index (χ1) is 15.8. The predicted octanol–water partition coefficient (Wildman–Crippen LogP) is 3.61. The molecule has 0 aromatic heterocycles. The van der Waals surface area contributed by atoms with Gasteiger partial charge in [0.2, 0.25) is 21.8 Å². The Morgan fingerprint density at radius 1 is 1.06 bits per heavy atom. The van der Waals surface area contributed by atoms with E-state index >= 15 is 0 Å². The first kappa shape index (κ1) is 27.4. The highest BCUT2D eigenvalue weighted by Crippen LogP contribution is 2.26. The number of hydrogen-bond donors (Lipinski definition) is 1. The van der Waals surface area contributed by atoms with Crippen LogP contribution in [0.15, 0.2) is 48.5 Å². The third kappa shape index (κ3) is 7.06. The minimum absolute atomic E-state index is 0.0866. The monoisotopic (exact) mass is 487 g/mol. The number of nitrogens with one attached hydrogen (secondary N) is 1. The number of sulfonamides is 1. The van der Waals surface area contributed by atoms with Crippen LogP contribution in [0.4, 0.5) is 5.69 Å². The van der Waals surface area contributed by atoms with E-state index in [4.69, 9.17) is 0 Å². The van der Waals surface area contributed by atoms with Crippen LogP contribution >= 0.6 is 0 Å². The molecule has 0 aliphatic rings. The lowest BCUT2D eigenvalue weighted by molar-refractivity contribution is -0.140. The van der Waals surface area contributed by atoms with Crippen molar-refractivity contribution in [3.05, 3.63) is 65.2 Å². The summed E-state index contributed by atoms with van der Waals surface area (Å²) in [7, 11) is -2.22. The van der Waals surface area contributed by atoms with Crippen LogP contribution in [0.2, 0.25) is 0 Å². The third-order valence-electron chi connectivity index (χ3n) is 5.77. The van der Waals surface area contributed by atoms with Gasteiger partial charge in [-0.15, -0.1) is 0 Å². The number of aryl methyl sites for hydroxylation is 1. The lowest BCUT2D eigenvalue weighted by Crippen LogP contribution is -2.51. The highest BCUT2D eigenvalue weighted by atomic mass is 32.2. The number of amides is 2. The van der Waals surface area contributed by atoms with Crippen molar-refractivity contribution in [2.45, 2.75) is 59.0 Å². The summed E-state index contributed by atoms with van der Waals surface area (Å²) in [6, 6.07) is 14.2. The first-order valence-corrected chi connectivity index (χ1v) is 13.3. The van der Waals surface area contributed by atoms with Gasteiger partial charge in [-0.05, 0) is 42.0 Å². The average molecular weight is 488 g/mol. The van der Waals surface area contributed by atoms with E-state index in [-0.39, 0.29) is 17.9 Å². The van der Waals surface area contributed by atoms with Crippen molar-refractivity contribution in [2.24, 2.45) is 0 Å². The number of likely N-dealkylation sites (N-methyl/N-ethyl adjacent to an activating group) is 1. The van der Waals surface area contributed by atoms with E-state index in [1.165, 1.54) is 11.9 Å². The fourth-order valence-electron chi connectivity index (χ4n) is 3.83. The molecule has 0 aliphatic carbocycles. The largest absolute Gasteiger partial charge is 0.357 e. The molecule has 1 N–H and O–H groups in total. The topological polar surface area (TPSA) is 86.8 Å². The molecule has 0 radical (unpaired) electrons. The number of nitrogens with zero attached hydrogens (tertiary/aromatic N) is 2. The van der Waals surface area contributed by atoms with Crippen LogP contribution in [-0.2, 0) is 31.6 Å². The van der Waals surface area contributed by atoms with Gasteiger partial charge in [0.25, 0.3) is 0 Å². The molecule has 0 spiro atoms. The molecular weight excluding hydrogens is 450 g/mol. The summed E-state index contributed by atoms with van der Waals surface area (Å²) in [4.78, 5) is 27.6. The summed E-state index contributed by atoms with van der Waals surface area (Å²) in [6.07, 6.45) is 1.48. The van der Waals surface area contributed by atoms with Gasteiger partial charge in [0.05, 0.1) is 11.9 Å². The Balaban J connectivity index is 2.43. The maximum Gasteiger partial charge on any atom is 0.244 e. The van der Waals surface area contributed by atoms with Gasteiger partial charge in [-0.1, -0.05) is 69.7 Å². The van der Waals surface area contributed by atoms with Crippen LogP contribution < -0.4 is 9.62 Å². The number of hydrogen-bond acceptors (Lipinski definition) is 4. The number of benzene rings is 2. The maximum absolute atomic E-state index is 13.5. The summed E-state index contributed by atoms with van der Waals surface area (Å²) >= 11 is 0. The fraction of sp³-hybridized carbons (Fsp3) is 0.462. The van der Waals surface area contributed by atoms with E-state index in [9.17, 15) is 18.0 Å². The van der Waals surface area contributed by atoms with Crippen molar-refractivity contribution < 1.29 is 18.0 Å². The lowest BCUT2D eigenvalue weighted by Gasteiger charge is -2.32. The standard InChI is InChI=1S/C26H37N3O4S/c1-8-23(25(31)27-6)28(17-20-11-9-10-19(2)16-20)24(30)18-29(34(7,32)33)22-14-12-21(13-15-22)26(3,4)5/h9-16,23H,8,17-18H2,1-7H3,(H,27,31). The Labute approximate surface area is 204 Å². The van der Waals surface area contributed by atoms with Crippen LogP contribution in [0.25, 0.3) is 0 Å². The van der Waals surface area contributed by atoms with E-state index in [0.717, 1.165) is 27.3 Å². The van der Waals surface area contributed by atoms with Crippen molar-refractivity contribution >= 4 is 27.5 Å². The summed E-state index contributed by atoms with van der Waals surface area (Å²) in [5, 5.41) is 2.62. The minimum atomic E-state index is -3.75. The van der Waals surface area contributed by atoms with E-state index in [1.54, 1.807) is 12.1 Å². The van der Waals surface area contributed by atoms with Crippen molar-refractivity contribution in [3.63, 3.8) is 0 Å². The van der Waals surface area contributed by atoms with Crippen LogP contribution in [0.5, 0.6) is 0 Å². The molecule has 1 unspecified atom stereocenters. The van der Waals surface area contributed by atoms with Crippen LogP contribution in [-0.4, -0.2) is 51.0 Å². The van der Waals surface area contributed by atoms with E-state index in [0.29, 0.717) is 12.1 Å². The van der Waals surface area contributed by atoms with Gasteiger partial charge in [-0.3, -0.25) is 13.9 Å². The van der Waals surface area contributed by atoms with Crippen LogP contribution in [0.3, 0.4) is 0 Å². The maximum atomic E-state index is 13.5. The van der Waals surface area contributed by atoms with Gasteiger partial charge in [0.15, 0.2) is 0 Å². The molecule has 0 saturated carbocycles. The quantitative estimate of drug-likeness (QED) is 0.585. The summed E-state index contributed by atoms with van der Waals surface area (Å²) in [6.45, 7) is 9.82. The number of carbonyl (C=O) groups excluding carboxylic acids is 2. The zero-order valence-electron chi connectivity index (χ0n) is 21.3. The first-order valence-electron chi connectivity index (χ1n) is 11.4. The van der Waals surface area contributed by atoms with Gasteiger partial charge in [0, 0.05) is 13.6 Å². The molecule has 8 heteroatoms. The molecule has 0 saturated heterocycles. The molecule has 1 atom stereocenters. The Morgan fingerprint density at radius 3 is 2.15 bits per heavy atom. The number of anilines is 1. The van der Waals surface area contributed by atoms with Gasteiger partial charge < -0.3 is 10.2 Å². The van der Waals surface area contributed by atoms with Gasteiger partial charge in [0.1, 0.15) is 12.6 Å². The van der Waals surface area contributed by atoms with Crippen LogP contribution in [0.1, 0.15) is 50.8 Å². The highest BCUT2D eigenvalue weighted by molar-refractivity contribution is 7.92. The van der Waals surface area contributed by atoms with E-state index in [1.807, 2.05) is 50.2 Å². The molecule has 2 rings (SSSR count). The molecule has 2 aromatic carbocycles. The second-order valence-corrected chi connectivity index (χ2v) is 11.5. The van der Waals surface area contributed by atoms with Crippen molar-refractivity contribution in [2.75, 3.05) is 24.2 Å². The molecule has 2 amide bonds. The number of rotatable bonds is 9. The van der Waals surface area contributed by atoms with E-state index in [2.05, 4.69) is 26.1 Å². The zero-order chi connectivity index (χ0) is 25.7. The molecule has 34 heavy (non-hydrogen) atoms. The molecule has 7 nitrogen and oxygen atoms in total. The lowest BCUT2D eigenvalue weighted by atomic mass is 9.87. The normalized spacial score (nSPS) is 12.7. The SMILES string of the molecule is CCC(C(=O)NC)N(Cc1cccc(C)c1)C(=O)CN(c1ccc(C(C)(C)C)cc1)S(C)(=O)=O. The minimum Gasteiger partial charge on any atom is -0.357 e. The third-order valence-corrected chi connectivity index (χ3v) is 6.91. The zero-order valence-corrected chi connectivity index (χ0v) is 22.1. The van der Waals surface area contributed by atoms with Crippen LogP contribution in [0, 0.1) is 6.92 Å². The smallest absolute Gasteiger partial charge is 0.244 e. The second-order valence-electron chi connectivity index (χ2n) is 9.62. The fourth-order valence-corrected chi connectivity index (χ4v) is 4.68. The van der Waals surface area contributed by atoms with Crippen molar-refractivity contribution in [1.82, 2.24) is 10.2 Å². The second kappa shape index (κ2) is 11.0. The molecular formula is C26H37N3O4S. The Bertz CT molecular complexity index is 1110. The molecule has 0 aliphatic heterocycles. The Morgan fingerprint density at radius 2 is 1.68 bits per heavy atom. The summed E-state index contributed by atoms with van der Waals surface area (Å²) in [5.74, 6) is -0.730. The van der Waals surface area contributed by atoms with Crippen molar-refractivity contribution in [3.8, 4) is 0 Å². The molecule has 186 valence electrons. The molecule has 0 fully saturated rings. The van der Waals surface area contributed by atoms with Crippen molar-refractivity contribution in [1.29, 1.82) is 0 Å². The van der Waals surface area contributed by atoms with Gasteiger partial charge in [-0.2, -0.15) is 0 Å². The average Bonchev–Trinajstić information content (AvgIpc) is 2.75. The summed E-state index contributed by atoms with van der Waals surface area (Å²) < 4.78 is 26.5. The number of carbonyl (C=O) groups is 2. The Kier molecular flexibility index (Phi) is 8.89. The molecule has 0 bridgehead atoms. The molecule has 2 aromatic rings.